The van der Waals surface area contributed by atoms with Crippen molar-refractivity contribution >= 4 is 17.6 Å². The van der Waals surface area contributed by atoms with E-state index < -0.39 is 5.60 Å². The number of fused-ring (bicyclic) bond motifs is 1. The zero-order valence-corrected chi connectivity index (χ0v) is 14.3. The van der Waals surface area contributed by atoms with Crippen molar-refractivity contribution in [3.8, 4) is 0 Å². The molecule has 1 unspecified atom stereocenters. The van der Waals surface area contributed by atoms with E-state index in [1.165, 1.54) is 0 Å². The number of carbonyl (C=O) groups is 2. The molecule has 0 aliphatic carbocycles. The summed E-state index contributed by atoms with van der Waals surface area (Å²) in [6.07, 6.45) is 6.03. The Morgan fingerprint density at radius 1 is 1.40 bits per heavy atom. The van der Waals surface area contributed by atoms with E-state index in [9.17, 15) is 9.59 Å². The van der Waals surface area contributed by atoms with E-state index in [1.807, 2.05) is 34.6 Å². The molecule has 2 aromatic rings. The number of rotatable bonds is 2. The quantitative estimate of drug-likeness (QED) is 0.901. The molecule has 0 bridgehead atoms. The highest BCUT2D eigenvalue weighted by Gasteiger charge is 2.41. The summed E-state index contributed by atoms with van der Waals surface area (Å²) in [5.41, 5.74) is 2.45. The monoisotopic (exact) mass is 342 g/mol. The van der Waals surface area contributed by atoms with Gasteiger partial charge >= 0.3 is 6.09 Å². The summed E-state index contributed by atoms with van der Waals surface area (Å²) in [5.74, 6) is 0.0950. The van der Waals surface area contributed by atoms with Crippen LogP contribution in [-0.2, 0) is 16.0 Å². The van der Waals surface area contributed by atoms with Crippen molar-refractivity contribution in [2.75, 3.05) is 19.6 Å². The number of amides is 2. The Morgan fingerprint density at radius 2 is 2.28 bits per heavy atom. The van der Waals surface area contributed by atoms with Gasteiger partial charge in [0.2, 0.25) is 5.91 Å². The van der Waals surface area contributed by atoms with E-state index in [-0.39, 0.29) is 12.0 Å². The van der Waals surface area contributed by atoms with E-state index in [2.05, 4.69) is 10.3 Å². The lowest BCUT2D eigenvalue weighted by Crippen LogP contribution is -2.37. The smallest absolute Gasteiger partial charge is 0.407 e. The van der Waals surface area contributed by atoms with Gasteiger partial charge in [0.1, 0.15) is 11.2 Å². The third-order valence-corrected chi connectivity index (χ3v) is 5.25. The second-order valence-corrected chi connectivity index (χ2v) is 6.97. The van der Waals surface area contributed by atoms with Crippen LogP contribution in [0.1, 0.15) is 30.5 Å². The number of aryl methyl sites for hydroxylation is 1. The maximum atomic E-state index is 12.8. The molecule has 1 N–H and O–H groups in total. The molecule has 0 aromatic carbocycles. The molecule has 0 radical (unpaired) electrons. The van der Waals surface area contributed by atoms with Gasteiger partial charge < -0.3 is 19.4 Å². The minimum atomic E-state index is -0.438. The van der Waals surface area contributed by atoms with E-state index in [0.29, 0.717) is 32.5 Å². The zero-order chi connectivity index (χ0) is 17.4. The molecule has 2 amide bonds. The number of carbonyl (C=O) groups excluding carboxylic acids is 2. The van der Waals surface area contributed by atoms with Gasteiger partial charge in [0.25, 0.3) is 0 Å². The minimum Gasteiger partial charge on any atom is -0.441 e. The van der Waals surface area contributed by atoms with Crippen LogP contribution in [0.25, 0.3) is 5.65 Å². The second kappa shape index (κ2) is 6.06. The number of imidazole rings is 1. The van der Waals surface area contributed by atoms with Crippen molar-refractivity contribution in [3.05, 3.63) is 35.8 Å². The van der Waals surface area contributed by atoms with Crippen molar-refractivity contribution in [1.29, 1.82) is 0 Å². The number of ether oxygens (including phenoxy) is 1. The topological polar surface area (TPSA) is 75.9 Å². The van der Waals surface area contributed by atoms with Gasteiger partial charge in [-0.1, -0.05) is 6.07 Å². The van der Waals surface area contributed by atoms with Crippen molar-refractivity contribution in [2.45, 2.75) is 38.2 Å². The van der Waals surface area contributed by atoms with Gasteiger partial charge in [-0.3, -0.25) is 4.79 Å². The van der Waals surface area contributed by atoms with Crippen LogP contribution >= 0.6 is 0 Å². The molecule has 0 saturated carbocycles. The molecular formula is C18H22N4O3. The molecular weight excluding hydrogens is 320 g/mol. The fourth-order valence-corrected chi connectivity index (χ4v) is 3.80. The van der Waals surface area contributed by atoms with Crippen LogP contribution in [0.4, 0.5) is 4.79 Å². The maximum Gasteiger partial charge on any atom is 0.407 e. The largest absolute Gasteiger partial charge is 0.441 e. The zero-order valence-electron chi connectivity index (χ0n) is 14.3. The predicted octanol–water partition coefficient (Wildman–Crippen LogP) is 1.68. The predicted molar refractivity (Wildman–Crippen MR) is 91.3 cm³/mol. The molecule has 132 valence electrons. The van der Waals surface area contributed by atoms with Crippen molar-refractivity contribution in [3.63, 3.8) is 0 Å². The lowest BCUT2D eigenvalue weighted by atomic mass is 9.95. The number of likely N-dealkylation sites (tertiary alicyclic amines) is 1. The normalized spacial score (nSPS) is 23.6. The Bertz CT molecular complexity index is 831. The van der Waals surface area contributed by atoms with Crippen LogP contribution in [0.15, 0.2) is 24.5 Å². The summed E-state index contributed by atoms with van der Waals surface area (Å²) in [5, 5.41) is 2.74. The molecule has 2 fully saturated rings. The number of hydrogen-bond acceptors (Lipinski definition) is 4. The molecule has 2 aliphatic heterocycles. The Balaban J connectivity index is 1.46. The maximum absolute atomic E-state index is 12.8. The van der Waals surface area contributed by atoms with Crippen LogP contribution in [-0.4, -0.2) is 51.5 Å². The van der Waals surface area contributed by atoms with Crippen LogP contribution in [0.2, 0.25) is 0 Å². The van der Waals surface area contributed by atoms with Crippen LogP contribution in [0.5, 0.6) is 0 Å². The minimum absolute atomic E-state index is 0.0950. The fraction of sp³-hybridized carbons (Fsp3) is 0.500. The highest BCUT2D eigenvalue weighted by atomic mass is 16.6. The van der Waals surface area contributed by atoms with E-state index in [0.717, 1.165) is 29.7 Å². The first kappa shape index (κ1) is 15.9. The number of hydrogen-bond donors (Lipinski definition) is 1. The van der Waals surface area contributed by atoms with Crippen molar-refractivity contribution in [2.24, 2.45) is 0 Å². The molecule has 4 rings (SSSR count). The highest BCUT2D eigenvalue weighted by molar-refractivity contribution is 5.78. The van der Waals surface area contributed by atoms with E-state index in [1.54, 1.807) is 6.20 Å². The Morgan fingerprint density at radius 3 is 3.08 bits per heavy atom. The molecule has 2 aliphatic rings. The third kappa shape index (κ3) is 2.94. The number of pyridine rings is 1. The molecule has 7 heteroatoms. The summed E-state index contributed by atoms with van der Waals surface area (Å²) in [6.45, 7) is 3.87. The van der Waals surface area contributed by atoms with E-state index in [4.69, 9.17) is 4.74 Å². The summed E-state index contributed by atoms with van der Waals surface area (Å²) in [6, 6.07) is 3.98. The molecule has 4 heterocycles. The number of aromatic nitrogens is 2. The van der Waals surface area contributed by atoms with Gasteiger partial charge in [-0.25, -0.2) is 9.78 Å². The van der Waals surface area contributed by atoms with Crippen molar-refractivity contribution < 1.29 is 14.3 Å². The molecule has 2 saturated heterocycles. The third-order valence-electron chi connectivity index (χ3n) is 5.25. The Labute approximate surface area is 146 Å². The van der Waals surface area contributed by atoms with E-state index >= 15 is 0 Å². The van der Waals surface area contributed by atoms with Crippen LogP contribution in [0, 0.1) is 6.92 Å². The van der Waals surface area contributed by atoms with Gasteiger partial charge in [0, 0.05) is 31.9 Å². The Hall–Kier alpha value is -2.57. The lowest BCUT2D eigenvalue weighted by Gasteiger charge is -2.25. The number of nitrogens with zero attached hydrogens (tertiary/aromatic N) is 3. The first-order valence-corrected chi connectivity index (χ1v) is 8.73. The lowest BCUT2D eigenvalue weighted by molar-refractivity contribution is -0.130. The van der Waals surface area contributed by atoms with Gasteiger partial charge in [0.05, 0.1) is 18.7 Å². The second-order valence-electron chi connectivity index (χ2n) is 6.97. The summed E-state index contributed by atoms with van der Waals surface area (Å²) < 4.78 is 7.45. The van der Waals surface area contributed by atoms with Crippen LogP contribution < -0.4 is 5.32 Å². The van der Waals surface area contributed by atoms with Gasteiger partial charge in [0.15, 0.2) is 0 Å². The van der Waals surface area contributed by atoms with Crippen molar-refractivity contribution in [1.82, 2.24) is 19.6 Å². The molecule has 25 heavy (non-hydrogen) atoms. The van der Waals surface area contributed by atoms with Gasteiger partial charge in [-0.2, -0.15) is 0 Å². The standard InChI is InChI=1S/C18H22N4O3/c1-13-4-2-8-22-14(11-19-16(13)22)10-15(23)21-7-3-5-18(6-9-21)12-20-17(24)25-18/h2,4,8,11H,3,5-7,9-10,12H2,1H3,(H,20,24). The molecule has 2 aromatic heterocycles. The molecule has 7 nitrogen and oxygen atoms in total. The van der Waals surface area contributed by atoms with Gasteiger partial charge in [-0.15, -0.1) is 0 Å². The number of nitrogens with one attached hydrogen (secondary N) is 1. The average Bonchev–Trinajstić information content (AvgIpc) is 3.09. The fourth-order valence-electron chi connectivity index (χ4n) is 3.80. The van der Waals surface area contributed by atoms with Gasteiger partial charge in [-0.05, 0) is 31.4 Å². The SMILES string of the molecule is Cc1cccn2c(CC(=O)N3CCCC4(CC3)CNC(=O)O4)cnc12. The Kier molecular flexibility index (Phi) is 3.86. The first-order valence-electron chi connectivity index (χ1n) is 8.73. The van der Waals surface area contributed by atoms with Crippen LogP contribution in [0.3, 0.4) is 0 Å². The summed E-state index contributed by atoms with van der Waals surface area (Å²) in [4.78, 5) is 30.5. The molecule has 1 spiro atoms. The average molecular weight is 342 g/mol. The summed E-state index contributed by atoms with van der Waals surface area (Å²) in [7, 11) is 0. The summed E-state index contributed by atoms with van der Waals surface area (Å²) >= 11 is 0. The highest BCUT2D eigenvalue weighted by Crippen LogP contribution is 2.29. The number of alkyl carbamates (subject to hydrolysis) is 1. The first-order chi connectivity index (χ1) is 12.1. The molecule has 1 atom stereocenters.